The lowest BCUT2D eigenvalue weighted by molar-refractivity contribution is -0.116. The first-order valence-electron chi connectivity index (χ1n) is 9.40. The number of amides is 1. The maximum Gasteiger partial charge on any atom is 0.246 e. The average molecular weight is 372 g/mol. The van der Waals surface area contributed by atoms with E-state index in [1.807, 2.05) is 43.6 Å². The zero-order chi connectivity index (χ0) is 19.1. The predicted molar refractivity (Wildman–Crippen MR) is 106 cm³/mol. The van der Waals surface area contributed by atoms with Crippen molar-refractivity contribution in [1.29, 1.82) is 0 Å². The van der Waals surface area contributed by atoms with Crippen LogP contribution in [0.5, 0.6) is 0 Å². The van der Waals surface area contributed by atoms with Gasteiger partial charge in [0.05, 0.1) is 6.20 Å². The van der Waals surface area contributed by atoms with Crippen LogP contribution in [0.25, 0.3) is 16.8 Å². The van der Waals surface area contributed by atoms with Gasteiger partial charge in [-0.15, -0.1) is 0 Å². The van der Waals surface area contributed by atoms with E-state index in [9.17, 15) is 4.79 Å². The summed E-state index contributed by atoms with van der Waals surface area (Å²) < 4.78 is 3.38. The van der Waals surface area contributed by atoms with Crippen LogP contribution in [0.3, 0.4) is 0 Å². The molecule has 3 heterocycles. The summed E-state index contributed by atoms with van der Waals surface area (Å²) in [7, 11) is 0. The van der Waals surface area contributed by atoms with Crippen molar-refractivity contribution >= 4 is 17.2 Å². The lowest BCUT2D eigenvalue weighted by Crippen LogP contribution is -2.18. The van der Waals surface area contributed by atoms with Gasteiger partial charge in [-0.3, -0.25) is 9.48 Å². The Balaban J connectivity index is 1.26. The van der Waals surface area contributed by atoms with Crippen LogP contribution in [0.4, 0.5) is 5.69 Å². The van der Waals surface area contributed by atoms with Crippen molar-refractivity contribution < 1.29 is 4.79 Å². The molecule has 140 valence electrons. The Kier molecular flexibility index (Phi) is 3.93. The van der Waals surface area contributed by atoms with E-state index >= 15 is 0 Å². The van der Waals surface area contributed by atoms with Gasteiger partial charge in [0.25, 0.3) is 0 Å². The second-order valence-corrected chi connectivity index (χ2v) is 7.25. The number of rotatable bonds is 5. The van der Waals surface area contributed by atoms with Crippen molar-refractivity contribution in [2.75, 3.05) is 5.32 Å². The van der Waals surface area contributed by atoms with Crippen molar-refractivity contribution in [3.05, 3.63) is 66.4 Å². The molecule has 7 heteroatoms. The van der Waals surface area contributed by atoms with Crippen LogP contribution in [0.1, 0.15) is 30.1 Å². The van der Waals surface area contributed by atoms with Gasteiger partial charge in [-0.1, -0.05) is 12.1 Å². The molecule has 28 heavy (non-hydrogen) atoms. The highest BCUT2D eigenvalue weighted by Crippen LogP contribution is 2.40. The number of hydrogen-bond donors (Lipinski definition) is 1. The standard InChI is InChI=1S/C21H20N6O/c1-14-23-20-10-17(8-9-27(20)25-14)18-11-22-26(12-18)13-21(28)24-19-6-4-16(5-7-19)15-2-3-15/h4-12,15H,2-3,13H2,1H3,(H,24,28). The lowest BCUT2D eigenvalue weighted by atomic mass is 10.1. The van der Waals surface area contributed by atoms with E-state index in [4.69, 9.17) is 0 Å². The van der Waals surface area contributed by atoms with Crippen LogP contribution in [-0.4, -0.2) is 30.3 Å². The molecule has 7 nitrogen and oxygen atoms in total. The summed E-state index contributed by atoms with van der Waals surface area (Å²) in [6, 6.07) is 12.1. The van der Waals surface area contributed by atoms with Crippen LogP contribution in [0.15, 0.2) is 55.0 Å². The molecule has 0 bridgehead atoms. The predicted octanol–water partition coefficient (Wildman–Crippen LogP) is 3.42. The van der Waals surface area contributed by atoms with E-state index in [2.05, 4.69) is 32.6 Å². The summed E-state index contributed by atoms with van der Waals surface area (Å²) in [6.07, 6.45) is 8.05. The van der Waals surface area contributed by atoms with Gasteiger partial charge in [0.15, 0.2) is 5.65 Å². The fourth-order valence-corrected chi connectivity index (χ4v) is 3.37. The number of carbonyl (C=O) groups excluding carboxylic acids is 1. The normalized spacial score (nSPS) is 13.8. The maximum atomic E-state index is 12.3. The molecule has 0 unspecified atom stereocenters. The van der Waals surface area contributed by atoms with Crippen molar-refractivity contribution in [2.24, 2.45) is 0 Å². The molecule has 0 spiro atoms. The van der Waals surface area contributed by atoms with Gasteiger partial charge < -0.3 is 5.32 Å². The van der Waals surface area contributed by atoms with Gasteiger partial charge in [0.2, 0.25) is 5.91 Å². The van der Waals surface area contributed by atoms with E-state index in [-0.39, 0.29) is 12.5 Å². The molecule has 0 radical (unpaired) electrons. The van der Waals surface area contributed by atoms with Crippen LogP contribution < -0.4 is 5.32 Å². The van der Waals surface area contributed by atoms with Crippen molar-refractivity contribution in [3.63, 3.8) is 0 Å². The van der Waals surface area contributed by atoms with Gasteiger partial charge in [0.1, 0.15) is 12.4 Å². The summed E-state index contributed by atoms with van der Waals surface area (Å²) in [5, 5.41) is 11.5. The summed E-state index contributed by atoms with van der Waals surface area (Å²) >= 11 is 0. The third kappa shape index (κ3) is 3.38. The third-order valence-corrected chi connectivity index (χ3v) is 4.96. The van der Waals surface area contributed by atoms with Crippen molar-refractivity contribution in [3.8, 4) is 11.1 Å². The van der Waals surface area contributed by atoms with E-state index in [0.717, 1.165) is 28.3 Å². The highest BCUT2D eigenvalue weighted by atomic mass is 16.2. The Bertz CT molecular complexity index is 1150. The first-order chi connectivity index (χ1) is 13.6. The quantitative estimate of drug-likeness (QED) is 0.582. The second kappa shape index (κ2) is 6.60. The van der Waals surface area contributed by atoms with E-state index in [1.165, 1.54) is 18.4 Å². The summed E-state index contributed by atoms with van der Waals surface area (Å²) in [5.74, 6) is 1.35. The summed E-state index contributed by atoms with van der Waals surface area (Å²) in [6.45, 7) is 2.03. The first kappa shape index (κ1) is 16.7. The maximum absolute atomic E-state index is 12.3. The van der Waals surface area contributed by atoms with Gasteiger partial charge in [0, 0.05) is 23.6 Å². The monoisotopic (exact) mass is 372 g/mol. The van der Waals surface area contributed by atoms with Crippen LogP contribution in [0, 0.1) is 6.92 Å². The summed E-state index contributed by atoms with van der Waals surface area (Å²) in [4.78, 5) is 16.7. The fraction of sp³-hybridized carbons (Fsp3) is 0.238. The van der Waals surface area contributed by atoms with E-state index < -0.39 is 0 Å². The second-order valence-electron chi connectivity index (χ2n) is 7.25. The molecular formula is C21H20N6O. The molecule has 4 aromatic rings. The minimum Gasteiger partial charge on any atom is -0.324 e. The minimum absolute atomic E-state index is 0.0997. The molecule has 1 saturated carbocycles. The summed E-state index contributed by atoms with van der Waals surface area (Å²) in [5.41, 5.74) is 4.88. The number of nitrogens with zero attached hydrogens (tertiary/aromatic N) is 5. The highest BCUT2D eigenvalue weighted by Gasteiger charge is 2.23. The number of fused-ring (bicyclic) bond motifs is 1. The highest BCUT2D eigenvalue weighted by molar-refractivity contribution is 5.90. The minimum atomic E-state index is -0.0997. The fourth-order valence-electron chi connectivity index (χ4n) is 3.37. The van der Waals surface area contributed by atoms with Crippen LogP contribution in [0.2, 0.25) is 0 Å². The molecule has 5 rings (SSSR count). The first-order valence-corrected chi connectivity index (χ1v) is 9.40. The number of aryl methyl sites for hydroxylation is 1. The number of anilines is 1. The van der Waals surface area contributed by atoms with Gasteiger partial charge in [-0.05, 0) is 61.1 Å². The van der Waals surface area contributed by atoms with E-state index in [1.54, 1.807) is 15.4 Å². The zero-order valence-corrected chi connectivity index (χ0v) is 15.5. The molecular weight excluding hydrogens is 352 g/mol. The molecule has 1 aromatic carbocycles. The Hall–Kier alpha value is -3.48. The molecule has 0 saturated heterocycles. The molecule has 1 amide bonds. The largest absolute Gasteiger partial charge is 0.324 e. The smallest absolute Gasteiger partial charge is 0.246 e. The number of hydrogen-bond acceptors (Lipinski definition) is 4. The molecule has 0 atom stereocenters. The Labute approximate surface area is 162 Å². The molecule has 1 aliphatic rings. The van der Waals surface area contributed by atoms with Gasteiger partial charge in [-0.25, -0.2) is 9.50 Å². The number of benzene rings is 1. The molecule has 1 fully saturated rings. The van der Waals surface area contributed by atoms with Gasteiger partial charge >= 0.3 is 0 Å². The van der Waals surface area contributed by atoms with E-state index in [0.29, 0.717) is 5.92 Å². The number of carbonyl (C=O) groups is 1. The molecule has 1 aliphatic carbocycles. The number of pyridine rings is 1. The number of aromatic nitrogens is 5. The lowest BCUT2D eigenvalue weighted by Gasteiger charge is -2.06. The Morgan fingerprint density at radius 1 is 1.18 bits per heavy atom. The van der Waals surface area contributed by atoms with Crippen molar-refractivity contribution in [2.45, 2.75) is 32.2 Å². The van der Waals surface area contributed by atoms with Crippen molar-refractivity contribution in [1.82, 2.24) is 24.4 Å². The van der Waals surface area contributed by atoms with Crippen LogP contribution >= 0.6 is 0 Å². The van der Waals surface area contributed by atoms with Crippen LogP contribution in [-0.2, 0) is 11.3 Å². The average Bonchev–Trinajstić information content (AvgIpc) is 3.31. The Morgan fingerprint density at radius 2 is 2.00 bits per heavy atom. The Morgan fingerprint density at radius 3 is 2.79 bits per heavy atom. The number of nitrogens with one attached hydrogen (secondary N) is 1. The van der Waals surface area contributed by atoms with Gasteiger partial charge in [-0.2, -0.15) is 10.2 Å². The zero-order valence-electron chi connectivity index (χ0n) is 15.5. The SMILES string of the molecule is Cc1nc2cc(-c3cnn(CC(=O)Nc4ccc(C5CC5)cc4)c3)ccn2n1. The topological polar surface area (TPSA) is 77.1 Å². The third-order valence-electron chi connectivity index (χ3n) is 4.96. The molecule has 0 aliphatic heterocycles. The molecule has 3 aromatic heterocycles. The molecule has 1 N–H and O–H groups in total.